The van der Waals surface area contributed by atoms with Gasteiger partial charge in [-0.15, -0.1) is 12.6 Å². The van der Waals surface area contributed by atoms with E-state index >= 15 is 0 Å². The Kier molecular flexibility index (Phi) is 7.77. The number of hydrogen-bond acceptors (Lipinski definition) is 6. The Morgan fingerprint density at radius 3 is 2.36 bits per heavy atom. The number of hydrogen-bond donors (Lipinski definition) is 3. The molecule has 2 N–H and O–H groups in total. The molecule has 1 aliphatic heterocycles. The molecule has 3 rings (SSSR count). The van der Waals surface area contributed by atoms with Crippen LogP contribution in [-0.4, -0.2) is 66.7 Å². The standard InChI is InChI=1S/C22H25N3O6S2/c1-24(13-20(26)23-17-8-6-16(7-9-17)22(28)29)21(27)19-3-2-12-25(19)33(30,31)14-15-4-10-18(32)11-5-15/h4-11,19,32H,2-3,12-14H2,1H3,(H,23,26)(H,28,29). The Morgan fingerprint density at radius 2 is 1.76 bits per heavy atom. The lowest BCUT2D eigenvalue weighted by molar-refractivity contribution is -0.136. The minimum Gasteiger partial charge on any atom is -0.478 e. The topological polar surface area (TPSA) is 124 Å². The Bertz CT molecular complexity index is 1130. The largest absolute Gasteiger partial charge is 0.478 e. The van der Waals surface area contributed by atoms with Crippen LogP contribution < -0.4 is 5.32 Å². The average molecular weight is 492 g/mol. The van der Waals surface area contributed by atoms with Gasteiger partial charge in [-0.25, -0.2) is 13.2 Å². The highest BCUT2D eigenvalue weighted by Gasteiger charge is 2.40. The summed E-state index contributed by atoms with van der Waals surface area (Å²) in [7, 11) is -2.28. The molecule has 0 aliphatic carbocycles. The maximum absolute atomic E-state index is 13.0. The van der Waals surface area contributed by atoms with Crippen LogP contribution in [-0.2, 0) is 25.4 Å². The van der Waals surface area contributed by atoms with Crippen LogP contribution in [0.4, 0.5) is 5.69 Å². The van der Waals surface area contributed by atoms with Gasteiger partial charge < -0.3 is 15.3 Å². The second-order valence-corrected chi connectivity index (χ2v) is 10.3. The zero-order valence-corrected chi connectivity index (χ0v) is 19.7. The molecule has 0 saturated carbocycles. The molecule has 2 aromatic rings. The highest BCUT2D eigenvalue weighted by atomic mass is 32.2. The summed E-state index contributed by atoms with van der Waals surface area (Å²) in [4.78, 5) is 38.2. The molecule has 1 heterocycles. The van der Waals surface area contributed by atoms with Gasteiger partial charge in [0.2, 0.25) is 21.8 Å². The van der Waals surface area contributed by atoms with E-state index < -0.39 is 33.8 Å². The number of carbonyl (C=O) groups excluding carboxylic acids is 2. The van der Waals surface area contributed by atoms with Crippen molar-refractivity contribution in [1.29, 1.82) is 0 Å². The molecular weight excluding hydrogens is 466 g/mol. The number of rotatable bonds is 8. The van der Waals surface area contributed by atoms with Crippen molar-refractivity contribution < 1.29 is 27.9 Å². The molecule has 33 heavy (non-hydrogen) atoms. The summed E-state index contributed by atoms with van der Waals surface area (Å²) in [5.41, 5.74) is 1.08. The third kappa shape index (κ3) is 6.34. The van der Waals surface area contributed by atoms with Gasteiger partial charge in [-0.2, -0.15) is 4.31 Å². The first-order chi connectivity index (χ1) is 15.6. The fourth-order valence-electron chi connectivity index (χ4n) is 3.65. The van der Waals surface area contributed by atoms with E-state index in [2.05, 4.69) is 17.9 Å². The van der Waals surface area contributed by atoms with E-state index in [1.807, 2.05) is 0 Å². The van der Waals surface area contributed by atoms with Crippen LogP contribution in [0, 0.1) is 0 Å². The molecule has 1 aliphatic rings. The predicted molar refractivity (Wildman–Crippen MR) is 126 cm³/mol. The zero-order valence-electron chi connectivity index (χ0n) is 18.0. The summed E-state index contributed by atoms with van der Waals surface area (Å²) in [6.45, 7) is -0.0212. The molecule has 9 nitrogen and oxygen atoms in total. The van der Waals surface area contributed by atoms with Crippen LogP contribution in [0.3, 0.4) is 0 Å². The molecule has 0 bridgehead atoms. The maximum atomic E-state index is 13.0. The first-order valence-electron chi connectivity index (χ1n) is 10.2. The van der Waals surface area contributed by atoms with Gasteiger partial charge in [0.25, 0.3) is 0 Å². The van der Waals surface area contributed by atoms with Crippen molar-refractivity contribution in [1.82, 2.24) is 9.21 Å². The lowest BCUT2D eigenvalue weighted by Gasteiger charge is -2.27. The van der Waals surface area contributed by atoms with Gasteiger partial charge >= 0.3 is 5.97 Å². The number of benzene rings is 2. The molecule has 2 aromatic carbocycles. The fourth-order valence-corrected chi connectivity index (χ4v) is 5.57. The molecule has 0 spiro atoms. The number of amides is 2. The van der Waals surface area contributed by atoms with Crippen molar-refractivity contribution in [3.63, 3.8) is 0 Å². The summed E-state index contributed by atoms with van der Waals surface area (Å²) in [5, 5.41) is 11.5. The van der Waals surface area contributed by atoms with Crippen LogP contribution in [0.2, 0.25) is 0 Å². The zero-order chi connectivity index (χ0) is 24.2. The number of carboxylic acid groups (broad SMARTS) is 1. The normalized spacial score (nSPS) is 16.4. The maximum Gasteiger partial charge on any atom is 0.335 e. The third-order valence-corrected chi connectivity index (χ3v) is 7.45. The van der Waals surface area contributed by atoms with E-state index in [1.165, 1.54) is 40.5 Å². The van der Waals surface area contributed by atoms with E-state index in [-0.39, 0.29) is 24.4 Å². The van der Waals surface area contributed by atoms with Gasteiger partial charge in [-0.05, 0) is 54.8 Å². The molecule has 1 unspecified atom stereocenters. The summed E-state index contributed by atoms with van der Waals surface area (Å²) in [5.74, 6) is -2.22. The van der Waals surface area contributed by atoms with Crippen molar-refractivity contribution in [2.75, 3.05) is 25.5 Å². The molecular formula is C22H25N3O6S2. The van der Waals surface area contributed by atoms with Crippen molar-refractivity contribution >= 4 is 46.1 Å². The smallest absolute Gasteiger partial charge is 0.335 e. The third-order valence-electron chi connectivity index (χ3n) is 5.30. The van der Waals surface area contributed by atoms with Gasteiger partial charge in [-0.3, -0.25) is 9.59 Å². The quantitative estimate of drug-likeness (QED) is 0.486. The van der Waals surface area contributed by atoms with Crippen LogP contribution in [0.5, 0.6) is 0 Å². The Labute approximate surface area is 197 Å². The van der Waals surface area contributed by atoms with Crippen LogP contribution in [0.15, 0.2) is 53.4 Å². The van der Waals surface area contributed by atoms with E-state index in [0.29, 0.717) is 24.1 Å². The Balaban J connectivity index is 1.61. The number of anilines is 1. The molecule has 2 amide bonds. The van der Waals surface area contributed by atoms with E-state index in [0.717, 1.165) is 4.90 Å². The number of carbonyl (C=O) groups is 3. The highest BCUT2D eigenvalue weighted by molar-refractivity contribution is 7.88. The Hall–Kier alpha value is -2.89. The molecule has 0 radical (unpaired) electrons. The number of carboxylic acids is 1. The first-order valence-corrected chi connectivity index (χ1v) is 12.3. The second kappa shape index (κ2) is 10.4. The summed E-state index contributed by atoms with van der Waals surface area (Å²) >= 11 is 4.20. The summed E-state index contributed by atoms with van der Waals surface area (Å²) in [6, 6.07) is 11.6. The van der Waals surface area contributed by atoms with Crippen molar-refractivity contribution in [3.05, 3.63) is 59.7 Å². The van der Waals surface area contributed by atoms with Gasteiger partial charge in [0, 0.05) is 24.2 Å². The van der Waals surface area contributed by atoms with E-state index in [9.17, 15) is 22.8 Å². The lowest BCUT2D eigenvalue weighted by Crippen LogP contribution is -2.48. The molecule has 1 saturated heterocycles. The summed E-state index contributed by atoms with van der Waals surface area (Å²) < 4.78 is 27.2. The van der Waals surface area contributed by atoms with Crippen molar-refractivity contribution in [2.45, 2.75) is 29.5 Å². The minimum atomic E-state index is -3.73. The fraction of sp³-hybridized carbons (Fsp3) is 0.318. The van der Waals surface area contributed by atoms with E-state index in [1.54, 1.807) is 24.3 Å². The lowest BCUT2D eigenvalue weighted by atomic mass is 10.2. The van der Waals surface area contributed by atoms with Gasteiger partial charge in [0.15, 0.2) is 0 Å². The van der Waals surface area contributed by atoms with Crippen LogP contribution in [0.1, 0.15) is 28.8 Å². The molecule has 1 fully saturated rings. The number of sulfonamides is 1. The van der Waals surface area contributed by atoms with Crippen LogP contribution >= 0.6 is 12.6 Å². The number of thiol groups is 1. The van der Waals surface area contributed by atoms with Crippen molar-refractivity contribution in [2.24, 2.45) is 0 Å². The average Bonchev–Trinajstić information content (AvgIpc) is 3.26. The molecule has 0 aromatic heterocycles. The first kappa shape index (κ1) is 24.7. The number of nitrogens with zero attached hydrogens (tertiary/aromatic N) is 2. The minimum absolute atomic E-state index is 0.0874. The number of likely N-dealkylation sites (N-methyl/N-ethyl adjacent to an activating group) is 1. The molecule has 1 atom stereocenters. The highest BCUT2D eigenvalue weighted by Crippen LogP contribution is 2.25. The molecule has 11 heteroatoms. The van der Waals surface area contributed by atoms with E-state index in [4.69, 9.17) is 5.11 Å². The van der Waals surface area contributed by atoms with Gasteiger partial charge in [0.1, 0.15) is 6.04 Å². The Morgan fingerprint density at radius 1 is 1.12 bits per heavy atom. The van der Waals surface area contributed by atoms with Gasteiger partial charge in [-0.1, -0.05) is 12.1 Å². The SMILES string of the molecule is CN(CC(=O)Nc1ccc(C(=O)O)cc1)C(=O)C1CCCN1S(=O)(=O)Cc1ccc(S)cc1. The molecule has 176 valence electrons. The summed E-state index contributed by atoms with van der Waals surface area (Å²) in [6.07, 6.45) is 0.942. The predicted octanol–water partition coefficient (Wildman–Crippen LogP) is 2.06. The second-order valence-electron chi connectivity index (χ2n) is 7.82. The van der Waals surface area contributed by atoms with Crippen molar-refractivity contribution in [3.8, 4) is 0 Å². The number of aromatic carboxylic acids is 1. The monoisotopic (exact) mass is 491 g/mol. The van der Waals surface area contributed by atoms with Gasteiger partial charge in [0.05, 0.1) is 17.9 Å². The number of nitrogens with one attached hydrogen (secondary N) is 1. The van der Waals surface area contributed by atoms with Crippen LogP contribution in [0.25, 0.3) is 0 Å².